The summed E-state index contributed by atoms with van der Waals surface area (Å²) < 4.78 is 5.71. The molecule has 0 spiro atoms. The molecule has 1 aliphatic rings. The first kappa shape index (κ1) is 13.6. The second kappa shape index (κ2) is 6.41. The highest BCUT2D eigenvalue weighted by atomic mass is 32.2. The molecule has 5 heteroatoms. The zero-order chi connectivity index (χ0) is 13.8. The SMILES string of the molecule is CSc1ccc(-c2nnc(CCCNC3CC3)o2)cc1. The molecule has 106 valence electrons. The number of thioether (sulfide) groups is 1. The minimum Gasteiger partial charge on any atom is -0.421 e. The fourth-order valence-corrected chi connectivity index (χ4v) is 2.45. The Morgan fingerprint density at radius 2 is 2.05 bits per heavy atom. The quantitative estimate of drug-likeness (QED) is 0.627. The van der Waals surface area contributed by atoms with Crippen LogP contribution in [-0.4, -0.2) is 29.0 Å². The molecule has 1 saturated carbocycles. The van der Waals surface area contributed by atoms with E-state index in [1.807, 2.05) is 12.1 Å². The summed E-state index contributed by atoms with van der Waals surface area (Å²) in [5.74, 6) is 1.34. The molecule has 20 heavy (non-hydrogen) atoms. The molecule has 0 radical (unpaired) electrons. The molecular formula is C15H19N3OS. The van der Waals surface area contributed by atoms with E-state index in [2.05, 4.69) is 33.9 Å². The zero-order valence-corrected chi connectivity index (χ0v) is 12.4. The third kappa shape index (κ3) is 3.61. The van der Waals surface area contributed by atoms with E-state index in [1.165, 1.54) is 17.7 Å². The molecule has 0 atom stereocenters. The molecule has 3 rings (SSSR count). The van der Waals surface area contributed by atoms with Crippen molar-refractivity contribution < 1.29 is 4.42 Å². The summed E-state index contributed by atoms with van der Waals surface area (Å²) >= 11 is 1.73. The predicted octanol–water partition coefficient (Wildman–Crippen LogP) is 3.14. The smallest absolute Gasteiger partial charge is 0.247 e. The van der Waals surface area contributed by atoms with E-state index in [9.17, 15) is 0 Å². The van der Waals surface area contributed by atoms with Gasteiger partial charge in [-0.1, -0.05) is 0 Å². The van der Waals surface area contributed by atoms with Gasteiger partial charge < -0.3 is 9.73 Å². The van der Waals surface area contributed by atoms with Crippen molar-refractivity contribution >= 4 is 11.8 Å². The van der Waals surface area contributed by atoms with Crippen molar-refractivity contribution in [3.05, 3.63) is 30.2 Å². The molecule has 0 saturated heterocycles. The van der Waals surface area contributed by atoms with Crippen molar-refractivity contribution in [3.63, 3.8) is 0 Å². The van der Waals surface area contributed by atoms with Gasteiger partial charge in [0.15, 0.2) is 0 Å². The number of nitrogens with one attached hydrogen (secondary N) is 1. The maximum atomic E-state index is 5.71. The molecule has 0 bridgehead atoms. The van der Waals surface area contributed by atoms with E-state index in [1.54, 1.807) is 11.8 Å². The van der Waals surface area contributed by atoms with Crippen molar-refractivity contribution in [2.45, 2.75) is 36.6 Å². The largest absolute Gasteiger partial charge is 0.421 e. The fraction of sp³-hybridized carbons (Fsp3) is 0.467. The van der Waals surface area contributed by atoms with Crippen molar-refractivity contribution in [2.75, 3.05) is 12.8 Å². The van der Waals surface area contributed by atoms with Crippen LogP contribution in [-0.2, 0) is 6.42 Å². The molecule has 1 heterocycles. The third-order valence-electron chi connectivity index (χ3n) is 3.38. The standard InChI is InChI=1S/C15H19N3OS/c1-20-13-8-4-11(5-9-13)15-18-17-14(19-15)3-2-10-16-12-6-7-12/h4-5,8-9,12,16H,2-3,6-7,10H2,1H3. The first-order chi connectivity index (χ1) is 9.85. The highest BCUT2D eigenvalue weighted by Gasteiger charge is 2.19. The summed E-state index contributed by atoms with van der Waals surface area (Å²) in [6.07, 6.45) is 6.61. The Labute approximate surface area is 123 Å². The maximum Gasteiger partial charge on any atom is 0.247 e. The Balaban J connectivity index is 1.54. The summed E-state index contributed by atoms with van der Waals surface area (Å²) in [5, 5.41) is 11.7. The molecule has 0 amide bonds. The number of hydrogen-bond acceptors (Lipinski definition) is 5. The maximum absolute atomic E-state index is 5.71. The van der Waals surface area contributed by atoms with Crippen LogP contribution in [0.3, 0.4) is 0 Å². The van der Waals surface area contributed by atoms with Gasteiger partial charge in [0, 0.05) is 22.9 Å². The van der Waals surface area contributed by atoms with E-state index < -0.39 is 0 Å². The summed E-state index contributed by atoms with van der Waals surface area (Å²) in [5.41, 5.74) is 0.984. The number of rotatable bonds is 7. The topological polar surface area (TPSA) is 51.0 Å². The lowest BCUT2D eigenvalue weighted by Gasteiger charge is -1.99. The van der Waals surface area contributed by atoms with Crippen LogP contribution < -0.4 is 5.32 Å². The fourth-order valence-electron chi connectivity index (χ4n) is 2.04. The summed E-state index contributed by atoms with van der Waals surface area (Å²) in [6, 6.07) is 8.96. The van der Waals surface area contributed by atoms with E-state index >= 15 is 0 Å². The second-order valence-corrected chi connectivity index (χ2v) is 5.94. The Bertz CT molecular complexity index is 549. The molecular weight excluding hydrogens is 270 g/mol. The van der Waals surface area contributed by atoms with Gasteiger partial charge in [-0.3, -0.25) is 0 Å². The lowest BCUT2D eigenvalue weighted by molar-refractivity contribution is 0.491. The van der Waals surface area contributed by atoms with Crippen LogP contribution in [0.2, 0.25) is 0 Å². The lowest BCUT2D eigenvalue weighted by Crippen LogP contribution is -2.17. The number of benzene rings is 1. The van der Waals surface area contributed by atoms with Gasteiger partial charge in [0.2, 0.25) is 11.8 Å². The number of nitrogens with zero attached hydrogens (tertiary/aromatic N) is 2. The minimum absolute atomic E-state index is 0.614. The number of aromatic nitrogens is 2. The van der Waals surface area contributed by atoms with Crippen LogP contribution in [0, 0.1) is 0 Å². The summed E-state index contributed by atoms with van der Waals surface area (Å²) in [6.45, 7) is 1.03. The van der Waals surface area contributed by atoms with Gasteiger partial charge in [0.05, 0.1) is 0 Å². The molecule has 1 fully saturated rings. The normalized spacial score (nSPS) is 14.7. The summed E-state index contributed by atoms with van der Waals surface area (Å²) in [7, 11) is 0. The Hall–Kier alpha value is -1.33. The average Bonchev–Trinajstić information content (AvgIpc) is 3.20. The third-order valence-corrected chi connectivity index (χ3v) is 4.13. The van der Waals surface area contributed by atoms with Crippen molar-refractivity contribution in [2.24, 2.45) is 0 Å². The zero-order valence-electron chi connectivity index (χ0n) is 11.6. The first-order valence-corrected chi connectivity index (χ1v) is 8.28. The molecule has 2 aromatic rings. The van der Waals surface area contributed by atoms with Gasteiger partial charge in [0.1, 0.15) is 0 Å². The predicted molar refractivity (Wildman–Crippen MR) is 80.9 cm³/mol. The van der Waals surface area contributed by atoms with Gasteiger partial charge >= 0.3 is 0 Å². The van der Waals surface area contributed by atoms with E-state index in [-0.39, 0.29) is 0 Å². The van der Waals surface area contributed by atoms with Crippen molar-refractivity contribution in [1.29, 1.82) is 0 Å². The van der Waals surface area contributed by atoms with Crippen LogP contribution in [0.5, 0.6) is 0 Å². The number of hydrogen-bond donors (Lipinski definition) is 1. The monoisotopic (exact) mass is 289 g/mol. The lowest BCUT2D eigenvalue weighted by atomic mass is 10.2. The average molecular weight is 289 g/mol. The van der Waals surface area contributed by atoms with E-state index in [0.29, 0.717) is 5.89 Å². The summed E-state index contributed by atoms with van der Waals surface area (Å²) in [4.78, 5) is 1.24. The first-order valence-electron chi connectivity index (χ1n) is 7.05. The van der Waals surface area contributed by atoms with Crippen LogP contribution in [0.25, 0.3) is 11.5 Å². The van der Waals surface area contributed by atoms with Crippen LogP contribution in [0.15, 0.2) is 33.6 Å². The molecule has 1 N–H and O–H groups in total. The van der Waals surface area contributed by atoms with E-state index in [0.717, 1.165) is 36.9 Å². The molecule has 1 aromatic carbocycles. The molecule has 4 nitrogen and oxygen atoms in total. The van der Waals surface area contributed by atoms with Gasteiger partial charge in [-0.15, -0.1) is 22.0 Å². The highest BCUT2D eigenvalue weighted by molar-refractivity contribution is 7.98. The Morgan fingerprint density at radius 1 is 1.25 bits per heavy atom. The van der Waals surface area contributed by atoms with Crippen molar-refractivity contribution in [3.8, 4) is 11.5 Å². The van der Waals surface area contributed by atoms with Gasteiger partial charge in [-0.05, 0) is 56.3 Å². The Morgan fingerprint density at radius 3 is 2.75 bits per heavy atom. The van der Waals surface area contributed by atoms with Crippen LogP contribution in [0.4, 0.5) is 0 Å². The van der Waals surface area contributed by atoms with Crippen molar-refractivity contribution in [1.82, 2.24) is 15.5 Å². The second-order valence-electron chi connectivity index (χ2n) is 5.06. The molecule has 1 aliphatic carbocycles. The molecule has 0 unspecified atom stereocenters. The van der Waals surface area contributed by atoms with Gasteiger partial charge in [-0.25, -0.2) is 0 Å². The number of aryl methyl sites for hydroxylation is 1. The van der Waals surface area contributed by atoms with Gasteiger partial charge in [-0.2, -0.15) is 0 Å². The van der Waals surface area contributed by atoms with E-state index in [4.69, 9.17) is 4.42 Å². The van der Waals surface area contributed by atoms with Gasteiger partial charge in [0.25, 0.3) is 0 Å². The highest BCUT2D eigenvalue weighted by Crippen LogP contribution is 2.22. The van der Waals surface area contributed by atoms with Crippen LogP contribution >= 0.6 is 11.8 Å². The minimum atomic E-state index is 0.614. The Kier molecular flexibility index (Phi) is 4.38. The van der Waals surface area contributed by atoms with Crippen LogP contribution in [0.1, 0.15) is 25.2 Å². The molecule has 0 aliphatic heterocycles. The molecule has 1 aromatic heterocycles.